The summed E-state index contributed by atoms with van der Waals surface area (Å²) in [6, 6.07) is 0.985. The Balaban J connectivity index is 1.79. The number of ketones is 1. The van der Waals surface area contributed by atoms with Crippen molar-refractivity contribution in [2.24, 2.45) is 5.41 Å². The van der Waals surface area contributed by atoms with Crippen molar-refractivity contribution >= 4 is 40.1 Å². The van der Waals surface area contributed by atoms with Crippen molar-refractivity contribution in [3.63, 3.8) is 0 Å². The number of hydrogen-bond donors (Lipinski definition) is 1. The van der Waals surface area contributed by atoms with Crippen LogP contribution in [0.25, 0.3) is 11.0 Å². The summed E-state index contributed by atoms with van der Waals surface area (Å²) in [6.45, 7) is 3.91. The fourth-order valence-electron chi connectivity index (χ4n) is 5.46. The predicted molar refractivity (Wildman–Crippen MR) is 108 cm³/mol. The highest BCUT2D eigenvalue weighted by Gasteiger charge is 2.62. The van der Waals surface area contributed by atoms with Crippen LogP contribution in [-0.4, -0.2) is 61.6 Å². The van der Waals surface area contributed by atoms with Crippen LogP contribution in [0, 0.1) is 11.2 Å². The Labute approximate surface area is 177 Å². The Hall–Kier alpha value is -3.01. The third kappa shape index (κ3) is 2.57. The van der Waals surface area contributed by atoms with Crippen LogP contribution in [0.3, 0.4) is 0 Å². The van der Waals surface area contributed by atoms with Crippen molar-refractivity contribution in [1.29, 1.82) is 0 Å². The number of Topliss-reactive ketones (excluding diaryl/α,β-unsaturated/α-hetero) is 1. The van der Waals surface area contributed by atoms with Gasteiger partial charge in [-0.05, 0) is 31.9 Å². The molecule has 4 atom stereocenters. The van der Waals surface area contributed by atoms with Gasteiger partial charge in [0.05, 0.1) is 35.7 Å². The Bertz CT molecular complexity index is 1120. The van der Waals surface area contributed by atoms with Gasteiger partial charge in [0, 0.05) is 20.6 Å². The van der Waals surface area contributed by atoms with Gasteiger partial charge in [0.25, 0.3) is 0 Å². The van der Waals surface area contributed by atoms with Crippen LogP contribution in [0.2, 0.25) is 0 Å². The first-order valence-corrected chi connectivity index (χ1v) is 10.2. The van der Waals surface area contributed by atoms with Crippen LogP contribution in [-0.2, 0) is 25.5 Å². The SMILES string of the molecule is C[C@@H]1CN2c3c(cc4c(N(C)C)noc4c3F)CC3(C(=O)CC(=O)NC3=O)[C@H]2[C@H](C)O1. The third-order valence-corrected chi connectivity index (χ3v) is 6.58. The number of nitrogens with one attached hydrogen (secondary N) is 1. The van der Waals surface area contributed by atoms with E-state index in [2.05, 4.69) is 10.5 Å². The molecule has 2 fully saturated rings. The van der Waals surface area contributed by atoms with E-state index in [0.717, 1.165) is 0 Å². The summed E-state index contributed by atoms with van der Waals surface area (Å²) in [6.07, 6.45) is -1.22. The summed E-state index contributed by atoms with van der Waals surface area (Å²) in [5.74, 6) is -1.87. The van der Waals surface area contributed by atoms with Crippen LogP contribution in [0.4, 0.5) is 15.9 Å². The Morgan fingerprint density at radius 1 is 1.29 bits per heavy atom. The van der Waals surface area contributed by atoms with Gasteiger partial charge in [0.1, 0.15) is 5.41 Å². The van der Waals surface area contributed by atoms with Gasteiger partial charge < -0.3 is 19.1 Å². The van der Waals surface area contributed by atoms with E-state index in [0.29, 0.717) is 22.5 Å². The molecule has 10 heteroatoms. The Morgan fingerprint density at radius 3 is 2.71 bits per heavy atom. The molecule has 0 radical (unpaired) electrons. The molecule has 0 bridgehead atoms. The molecule has 4 heterocycles. The number of carbonyl (C=O) groups is 3. The molecule has 164 valence electrons. The smallest absolute Gasteiger partial charge is 0.242 e. The molecule has 1 N–H and O–H groups in total. The summed E-state index contributed by atoms with van der Waals surface area (Å²) in [4.78, 5) is 41.8. The lowest BCUT2D eigenvalue weighted by Gasteiger charge is -2.55. The maximum Gasteiger partial charge on any atom is 0.242 e. The number of aromatic nitrogens is 1. The molecule has 5 rings (SSSR count). The lowest BCUT2D eigenvalue weighted by Crippen LogP contribution is -2.72. The summed E-state index contributed by atoms with van der Waals surface area (Å²) < 4.78 is 27.1. The van der Waals surface area contributed by atoms with Gasteiger partial charge in [-0.15, -0.1) is 0 Å². The molecule has 3 aliphatic rings. The molecule has 1 spiro atoms. The fourth-order valence-corrected chi connectivity index (χ4v) is 5.46. The Kier molecular flexibility index (Phi) is 4.17. The number of ether oxygens (including phenoxy) is 1. The number of imide groups is 1. The van der Waals surface area contributed by atoms with Gasteiger partial charge in [-0.1, -0.05) is 5.16 Å². The first-order valence-electron chi connectivity index (χ1n) is 10.2. The molecule has 1 aromatic heterocycles. The number of benzene rings is 1. The van der Waals surface area contributed by atoms with Gasteiger partial charge in [0.2, 0.25) is 17.4 Å². The van der Waals surface area contributed by atoms with E-state index in [1.165, 1.54) is 0 Å². The zero-order chi connectivity index (χ0) is 22.2. The van der Waals surface area contributed by atoms with Crippen molar-refractivity contribution in [2.45, 2.75) is 44.9 Å². The number of halogens is 1. The van der Waals surface area contributed by atoms with E-state index >= 15 is 4.39 Å². The highest BCUT2D eigenvalue weighted by molar-refractivity contribution is 6.22. The zero-order valence-corrected chi connectivity index (χ0v) is 17.7. The molecular formula is C21H23FN4O5. The van der Waals surface area contributed by atoms with Gasteiger partial charge in [-0.25, -0.2) is 4.39 Å². The number of carbonyl (C=O) groups excluding carboxylic acids is 3. The number of morpholine rings is 1. The third-order valence-electron chi connectivity index (χ3n) is 6.58. The highest BCUT2D eigenvalue weighted by Crippen LogP contribution is 2.50. The normalized spacial score (nSPS) is 30.4. The molecule has 0 aliphatic carbocycles. The molecule has 3 aliphatic heterocycles. The van der Waals surface area contributed by atoms with Crippen molar-refractivity contribution < 1.29 is 28.0 Å². The van der Waals surface area contributed by atoms with Crippen LogP contribution in [0.5, 0.6) is 0 Å². The molecule has 1 aromatic carbocycles. The van der Waals surface area contributed by atoms with Gasteiger partial charge in [-0.3, -0.25) is 19.7 Å². The summed E-state index contributed by atoms with van der Waals surface area (Å²) in [7, 11) is 3.53. The van der Waals surface area contributed by atoms with E-state index in [9.17, 15) is 14.4 Å². The molecule has 0 saturated carbocycles. The summed E-state index contributed by atoms with van der Waals surface area (Å²) >= 11 is 0. The van der Waals surface area contributed by atoms with E-state index < -0.39 is 47.4 Å². The van der Waals surface area contributed by atoms with Crippen molar-refractivity contribution in [1.82, 2.24) is 10.5 Å². The van der Waals surface area contributed by atoms with E-state index in [1.807, 2.05) is 6.92 Å². The van der Waals surface area contributed by atoms with E-state index in [1.54, 1.807) is 36.9 Å². The molecule has 2 amide bonds. The summed E-state index contributed by atoms with van der Waals surface area (Å²) in [5, 5.41) is 6.77. The van der Waals surface area contributed by atoms with Gasteiger partial charge in [0.15, 0.2) is 17.4 Å². The lowest BCUT2D eigenvalue weighted by atomic mass is 9.63. The molecule has 2 aromatic rings. The first-order chi connectivity index (χ1) is 14.6. The zero-order valence-electron chi connectivity index (χ0n) is 17.7. The molecular weight excluding hydrogens is 407 g/mol. The van der Waals surface area contributed by atoms with E-state index in [-0.39, 0.29) is 24.7 Å². The Morgan fingerprint density at radius 2 is 2.03 bits per heavy atom. The van der Waals surface area contributed by atoms with Crippen molar-refractivity contribution in [3.05, 3.63) is 17.4 Å². The second-order valence-corrected chi connectivity index (χ2v) is 8.85. The van der Waals surface area contributed by atoms with Gasteiger partial charge >= 0.3 is 0 Å². The minimum absolute atomic E-state index is 0.0264. The monoisotopic (exact) mass is 430 g/mol. The number of anilines is 2. The van der Waals surface area contributed by atoms with Crippen LogP contribution >= 0.6 is 0 Å². The number of fused-ring (bicyclic) bond motifs is 5. The van der Waals surface area contributed by atoms with Gasteiger partial charge in [-0.2, -0.15) is 0 Å². The minimum atomic E-state index is -1.55. The molecule has 31 heavy (non-hydrogen) atoms. The standard InChI is InChI=1S/C21H23FN4O5/c1-9-8-26-16-11(5-12-17(15(16)22)31-24-19(12)25(3)4)7-21(18(26)10(2)30-9)13(27)6-14(28)23-20(21)29/h5,9-10,18H,6-8H2,1-4H3,(H,23,28,29)/t9-,10+,18-,21?/m1/s1. The number of rotatable bonds is 1. The van der Waals surface area contributed by atoms with E-state index in [4.69, 9.17) is 9.26 Å². The second kappa shape index (κ2) is 6.49. The fraction of sp³-hybridized carbons (Fsp3) is 0.524. The number of nitrogens with zero attached hydrogens (tertiary/aromatic N) is 3. The molecule has 1 unspecified atom stereocenters. The topological polar surface area (TPSA) is 105 Å². The average molecular weight is 430 g/mol. The summed E-state index contributed by atoms with van der Waals surface area (Å²) in [5.41, 5.74) is -0.718. The molecule has 2 saturated heterocycles. The predicted octanol–water partition coefficient (Wildman–Crippen LogP) is 1.17. The minimum Gasteiger partial charge on any atom is -0.372 e. The average Bonchev–Trinajstić information content (AvgIpc) is 3.09. The maximum absolute atomic E-state index is 15.8. The molecule has 9 nitrogen and oxygen atoms in total. The quantitative estimate of drug-likeness (QED) is 0.531. The number of amides is 2. The largest absolute Gasteiger partial charge is 0.372 e. The van der Waals surface area contributed by atoms with Crippen LogP contribution < -0.4 is 15.1 Å². The van der Waals surface area contributed by atoms with Crippen molar-refractivity contribution in [3.8, 4) is 0 Å². The number of piperidine rings is 1. The van der Waals surface area contributed by atoms with Crippen LogP contribution in [0.1, 0.15) is 25.8 Å². The van der Waals surface area contributed by atoms with Crippen molar-refractivity contribution in [2.75, 3.05) is 30.4 Å². The maximum atomic E-state index is 15.8. The van der Waals surface area contributed by atoms with Crippen LogP contribution in [0.15, 0.2) is 10.6 Å². The highest BCUT2D eigenvalue weighted by atomic mass is 19.1. The lowest BCUT2D eigenvalue weighted by molar-refractivity contribution is -0.158. The first kappa shape index (κ1) is 19.9. The second-order valence-electron chi connectivity index (χ2n) is 8.85. The number of hydrogen-bond acceptors (Lipinski definition) is 8.